The van der Waals surface area contributed by atoms with Gasteiger partial charge in [-0.15, -0.1) is 0 Å². The average Bonchev–Trinajstić information content (AvgIpc) is 2.72. The van der Waals surface area contributed by atoms with Crippen LogP contribution in [0.2, 0.25) is 0 Å². The molecule has 2 aromatic carbocycles. The number of para-hydroxylation sites is 2. The highest BCUT2D eigenvalue weighted by molar-refractivity contribution is 5.85. The molecule has 0 fully saturated rings. The Morgan fingerprint density at radius 1 is 0.645 bits per heavy atom. The van der Waals surface area contributed by atoms with Gasteiger partial charge in [0.2, 0.25) is 0 Å². The molecule has 0 spiro atoms. The van der Waals surface area contributed by atoms with E-state index in [0.717, 1.165) is 0 Å². The first-order valence-corrected chi connectivity index (χ1v) is 8.56. The summed E-state index contributed by atoms with van der Waals surface area (Å²) in [4.78, 5) is 22.9. The molecule has 0 aliphatic heterocycles. The molecule has 0 radical (unpaired) electrons. The number of hydrogen-bond donors (Lipinski definition) is 2. The highest BCUT2D eigenvalue weighted by Crippen LogP contribution is 2.46. The van der Waals surface area contributed by atoms with Gasteiger partial charge in [-0.3, -0.25) is 10.6 Å². The molecule has 2 amide bonds. The Morgan fingerprint density at radius 2 is 0.968 bits per heavy atom. The summed E-state index contributed by atoms with van der Waals surface area (Å²) in [6.45, 7) is -4.69. The third kappa shape index (κ3) is 6.27. The lowest BCUT2D eigenvalue weighted by Gasteiger charge is -2.31. The summed E-state index contributed by atoms with van der Waals surface area (Å²) >= 11 is 0. The van der Waals surface area contributed by atoms with Crippen molar-refractivity contribution in [1.82, 2.24) is 0 Å². The number of halogens is 6. The smallest absolute Gasteiger partial charge is 0.411 e. The molecular formula is C19H16F6N2O4. The molecule has 0 aliphatic rings. The molecule has 12 heteroatoms. The van der Waals surface area contributed by atoms with E-state index >= 15 is 0 Å². The van der Waals surface area contributed by atoms with Crippen LogP contribution < -0.4 is 10.6 Å². The summed E-state index contributed by atoms with van der Waals surface area (Å²) in [5.41, 5.74) is 0.205. The molecule has 2 rings (SSSR count). The molecule has 6 nitrogen and oxygen atoms in total. The molecule has 0 saturated carbocycles. The summed E-state index contributed by atoms with van der Waals surface area (Å²) in [5.74, 6) is -16.9. The monoisotopic (exact) mass is 450 g/mol. The first-order chi connectivity index (χ1) is 14.4. The predicted molar refractivity (Wildman–Crippen MR) is 97.7 cm³/mol. The Labute approximate surface area is 172 Å². The lowest BCUT2D eigenvalue weighted by molar-refractivity contribution is -0.322. The maximum absolute atomic E-state index is 13.8. The van der Waals surface area contributed by atoms with Gasteiger partial charge in [0.1, 0.15) is 0 Å². The topological polar surface area (TPSA) is 76.7 Å². The number of ether oxygens (including phenoxy) is 2. The molecule has 0 bridgehead atoms. The van der Waals surface area contributed by atoms with Crippen molar-refractivity contribution < 1.29 is 45.4 Å². The molecular weight excluding hydrogens is 434 g/mol. The molecule has 31 heavy (non-hydrogen) atoms. The standard InChI is InChI=1S/C19H16F6N2O4/c20-17(21,11-30-15(28)26-13-7-3-1-4-8-13)19(24,25)18(22,23)12-31-16(29)27-14-9-5-2-6-10-14/h1-10H,11-12H2,(H,26,28)(H,27,29). The Bertz CT molecular complexity index is 810. The van der Waals surface area contributed by atoms with Crippen molar-refractivity contribution in [3.05, 3.63) is 60.7 Å². The van der Waals surface area contributed by atoms with Crippen LogP contribution in [0.4, 0.5) is 47.3 Å². The van der Waals surface area contributed by atoms with Gasteiger partial charge in [0, 0.05) is 11.4 Å². The zero-order valence-corrected chi connectivity index (χ0v) is 15.6. The van der Waals surface area contributed by atoms with E-state index in [1.165, 1.54) is 48.5 Å². The van der Waals surface area contributed by atoms with E-state index in [-0.39, 0.29) is 11.4 Å². The molecule has 168 valence electrons. The number of anilines is 2. The number of nitrogens with one attached hydrogen (secondary N) is 2. The molecule has 0 aliphatic carbocycles. The lowest BCUT2D eigenvalue weighted by atomic mass is 10.1. The van der Waals surface area contributed by atoms with Crippen molar-refractivity contribution in [1.29, 1.82) is 0 Å². The normalized spacial score (nSPS) is 12.1. The van der Waals surface area contributed by atoms with Crippen LogP contribution in [0.25, 0.3) is 0 Å². The molecule has 0 unspecified atom stereocenters. The van der Waals surface area contributed by atoms with Crippen molar-refractivity contribution in [3.63, 3.8) is 0 Å². The average molecular weight is 450 g/mol. The number of amides is 2. The van der Waals surface area contributed by atoms with E-state index in [1.54, 1.807) is 12.1 Å². The molecule has 0 atom stereocenters. The van der Waals surface area contributed by atoms with Crippen molar-refractivity contribution in [2.45, 2.75) is 17.8 Å². The number of rotatable bonds is 8. The highest BCUT2D eigenvalue weighted by Gasteiger charge is 2.72. The van der Waals surface area contributed by atoms with Gasteiger partial charge in [0.25, 0.3) is 0 Å². The van der Waals surface area contributed by atoms with E-state index in [1.807, 2.05) is 10.6 Å². The SMILES string of the molecule is O=C(Nc1ccccc1)OCC(F)(F)C(F)(F)C(F)(F)COC(=O)Nc1ccccc1. The van der Waals surface area contributed by atoms with E-state index in [0.29, 0.717) is 0 Å². The maximum Gasteiger partial charge on any atom is 0.411 e. The fourth-order valence-corrected chi connectivity index (χ4v) is 2.11. The van der Waals surface area contributed by atoms with Crippen molar-refractivity contribution in [2.24, 2.45) is 0 Å². The second kappa shape index (κ2) is 9.58. The van der Waals surface area contributed by atoms with Crippen LogP contribution in [0.15, 0.2) is 60.7 Å². The summed E-state index contributed by atoms with van der Waals surface area (Å²) in [7, 11) is 0. The third-order valence-corrected chi connectivity index (χ3v) is 3.73. The van der Waals surface area contributed by atoms with Gasteiger partial charge in [-0.05, 0) is 24.3 Å². The Kier molecular flexibility index (Phi) is 7.37. The first kappa shape index (κ1) is 23.8. The summed E-state index contributed by atoms with van der Waals surface area (Å²) < 4.78 is 90.7. The molecule has 0 heterocycles. The van der Waals surface area contributed by atoms with Crippen LogP contribution in [-0.2, 0) is 9.47 Å². The van der Waals surface area contributed by atoms with Crippen LogP contribution in [-0.4, -0.2) is 43.2 Å². The van der Waals surface area contributed by atoms with E-state index in [9.17, 15) is 35.9 Å². The zero-order valence-electron chi connectivity index (χ0n) is 15.6. The maximum atomic E-state index is 13.8. The summed E-state index contributed by atoms with van der Waals surface area (Å²) in [6.07, 6.45) is -3.10. The minimum Gasteiger partial charge on any atom is -0.443 e. The van der Waals surface area contributed by atoms with Gasteiger partial charge >= 0.3 is 30.0 Å². The molecule has 2 aromatic rings. The minimum atomic E-state index is -6.00. The molecule has 0 aromatic heterocycles. The van der Waals surface area contributed by atoms with Gasteiger partial charge in [-0.2, -0.15) is 26.3 Å². The predicted octanol–water partition coefficient (Wildman–Crippen LogP) is 5.39. The summed E-state index contributed by atoms with van der Waals surface area (Å²) in [5, 5.41) is 3.93. The van der Waals surface area contributed by atoms with Crippen LogP contribution in [0.5, 0.6) is 0 Å². The van der Waals surface area contributed by atoms with Crippen molar-refractivity contribution in [2.75, 3.05) is 23.8 Å². The fraction of sp³-hybridized carbons (Fsp3) is 0.263. The molecule has 2 N–H and O–H groups in total. The van der Waals surface area contributed by atoms with Crippen LogP contribution in [0.1, 0.15) is 0 Å². The Balaban J connectivity index is 1.92. The first-order valence-electron chi connectivity index (χ1n) is 8.56. The third-order valence-electron chi connectivity index (χ3n) is 3.73. The van der Waals surface area contributed by atoms with Crippen LogP contribution in [0, 0.1) is 0 Å². The second-order valence-electron chi connectivity index (χ2n) is 6.12. The van der Waals surface area contributed by atoms with Gasteiger partial charge in [0.05, 0.1) is 0 Å². The van der Waals surface area contributed by atoms with Gasteiger partial charge in [-0.1, -0.05) is 36.4 Å². The largest absolute Gasteiger partial charge is 0.443 e. The second-order valence-corrected chi connectivity index (χ2v) is 6.12. The number of benzene rings is 2. The van der Waals surface area contributed by atoms with Gasteiger partial charge in [0.15, 0.2) is 13.2 Å². The van der Waals surface area contributed by atoms with Crippen LogP contribution >= 0.6 is 0 Å². The van der Waals surface area contributed by atoms with Gasteiger partial charge < -0.3 is 9.47 Å². The van der Waals surface area contributed by atoms with E-state index in [2.05, 4.69) is 9.47 Å². The van der Waals surface area contributed by atoms with E-state index in [4.69, 9.17) is 0 Å². The number of carbonyl (C=O) groups is 2. The van der Waals surface area contributed by atoms with Crippen molar-refractivity contribution in [3.8, 4) is 0 Å². The number of carbonyl (C=O) groups excluding carboxylic acids is 2. The Hall–Kier alpha value is -3.44. The minimum absolute atomic E-state index is 0.103. The Morgan fingerprint density at radius 3 is 1.29 bits per heavy atom. The zero-order chi connectivity index (χ0) is 23.1. The molecule has 0 saturated heterocycles. The lowest BCUT2D eigenvalue weighted by Crippen LogP contribution is -2.58. The highest BCUT2D eigenvalue weighted by atomic mass is 19.3. The van der Waals surface area contributed by atoms with Gasteiger partial charge in [-0.25, -0.2) is 9.59 Å². The van der Waals surface area contributed by atoms with E-state index < -0.39 is 43.2 Å². The number of hydrogen-bond acceptors (Lipinski definition) is 4. The quantitative estimate of drug-likeness (QED) is 0.529. The number of alkyl halides is 6. The van der Waals surface area contributed by atoms with Crippen molar-refractivity contribution >= 4 is 23.6 Å². The summed E-state index contributed by atoms with van der Waals surface area (Å²) in [6, 6.07) is 14.5. The van der Waals surface area contributed by atoms with Crippen LogP contribution in [0.3, 0.4) is 0 Å². The fourth-order valence-electron chi connectivity index (χ4n) is 2.11.